The minimum atomic E-state index is -0.447. The van der Waals surface area contributed by atoms with E-state index in [0.29, 0.717) is 11.2 Å². The molecule has 0 N–H and O–H groups in total. The van der Waals surface area contributed by atoms with E-state index in [1.54, 1.807) is 6.92 Å². The van der Waals surface area contributed by atoms with Crippen molar-refractivity contribution in [3.8, 4) is 0 Å². The van der Waals surface area contributed by atoms with Crippen molar-refractivity contribution < 1.29 is 9.53 Å². The molecule has 5 heteroatoms. The highest BCUT2D eigenvalue weighted by atomic mass is 79.9. The van der Waals surface area contributed by atoms with Crippen molar-refractivity contribution in [1.82, 2.24) is 5.32 Å². The fraction of sp³-hybridized carbons (Fsp3) is 0.333. The molecule has 0 unspecified atom stereocenters. The number of ether oxygens (including phenoxy) is 1. The molecule has 1 aliphatic rings. The molecule has 1 radical (unpaired) electrons. The molecule has 0 fully saturated rings. The Kier molecular flexibility index (Phi) is 2.64. The summed E-state index contributed by atoms with van der Waals surface area (Å²) in [5.74, 6) is -0.447. The maximum Gasteiger partial charge on any atom is 0.359 e. The molecule has 0 saturated carbocycles. The number of hydrogen-bond acceptors (Lipinski definition) is 3. The van der Waals surface area contributed by atoms with Crippen molar-refractivity contribution >= 4 is 28.2 Å². The van der Waals surface area contributed by atoms with Gasteiger partial charge in [0.1, 0.15) is 10.9 Å². The summed E-state index contributed by atoms with van der Waals surface area (Å²) in [6.45, 7) is 2.08. The lowest BCUT2D eigenvalue weighted by Crippen LogP contribution is -2.06. The summed E-state index contributed by atoms with van der Waals surface area (Å²) >= 11 is 3.06. The molecule has 0 aromatic heterocycles. The number of carbonyl (C=O) groups is 1. The van der Waals surface area contributed by atoms with Gasteiger partial charge in [-0.25, -0.2) is 15.1 Å². The largest absolute Gasteiger partial charge is 0.461 e. The van der Waals surface area contributed by atoms with Crippen LogP contribution in [-0.2, 0) is 9.53 Å². The van der Waals surface area contributed by atoms with Crippen LogP contribution in [0.2, 0.25) is 0 Å². The average Bonchev–Trinajstić information content (AvgIpc) is 2.36. The van der Waals surface area contributed by atoms with E-state index in [4.69, 9.17) is 4.74 Å². The van der Waals surface area contributed by atoms with Crippen LogP contribution in [-0.4, -0.2) is 18.9 Å². The minimum absolute atomic E-state index is 0.229. The second-order valence-corrected chi connectivity index (χ2v) is 2.48. The second kappa shape index (κ2) is 3.52. The normalized spacial score (nSPS) is 15.1. The zero-order chi connectivity index (χ0) is 8.27. The van der Waals surface area contributed by atoms with Crippen LogP contribution in [0.4, 0.5) is 0 Å². The van der Waals surface area contributed by atoms with Crippen LogP contribution in [0.15, 0.2) is 15.3 Å². The molecule has 1 heterocycles. The number of hydrogen-bond donors (Lipinski definition) is 0. The maximum absolute atomic E-state index is 11.0. The van der Waals surface area contributed by atoms with Crippen LogP contribution >= 0.6 is 15.9 Å². The van der Waals surface area contributed by atoms with Gasteiger partial charge in [0.2, 0.25) is 0 Å². The predicted octanol–water partition coefficient (Wildman–Crippen LogP) is 0.760. The Labute approximate surface area is 72.5 Å². The van der Waals surface area contributed by atoms with Crippen LogP contribution < -0.4 is 5.32 Å². The standard InChI is InChI=1S/C6H6BrN2O2/c1-2-11-6(10)4-5(7)9-3-8-4/h3H,2H2,1H3. The number of nitrogens with zero attached hydrogens (tertiary/aromatic N) is 2. The Hall–Kier alpha value is -0.840. The summed E-state index contributed by atoms with van der Waals surface area (Å²) in [7, 11) is 0. The van der Waals surface area contributed by atoms with Crippen molar-refractivity contribution in [3.63, 3.8) is 0 Å². The zero-order valence-corrected chi connectivity index (χ0v) is 7.46. The van der Waals surface area contributed by atoms with Crippen molar-refractivity contribution in [2.24, 2.45) is 4.99 Å². The lowest BCUT2D eigenvalue weighted by molar-refractivity contribution is -0.138. The van der Waals surface area contributed by atoms with E-state index in [0.717, 1.165) is 0 Å². The number of esters is 1. The molecule has 59 valence electrons. The molecule has 1 aliphatic heterocycles. The SMILES string of the molecule is CCOC(=O)C1=C(Br)[N]C=N1. The van der Waals surface area contributed by atoms with Gasteiger partial charge in [-0.1, -0.05) is 0 Å². The molecule has 1 rings (SSSR count). The fourth-order valence-corrected chi connectivity index (χ4v) is 0.944. The van der Waals surface area contributed by atoms with Gasteiger partial charge in [-0.3, -0.25) is 0 Å². The summed E-state index contributed by atoms with van der Waals surface area (Å²) in [6, 6.07) is 0. The van der Waals surface area contributed by atoms with E-state index in [2.05, 4.69) is 26.2 Å². The Morgan fingerprint density at radius 3 is 3.00 bits per heavy atom. The van der Waals surface area contributed by atoms with Crippen molar-refractivity contribution in [2.45, 2.75) is 6.92 Å². The van der Waals surface area contributed by atoms with Crippen LogP contribution in [0.3, 0.4) is 0 Å². The van der Waals surface area contributed by atoms with E-state index in [1.165, 1.54) is 6.34 Å². The van der Waals surface area contributed by atoms with Gasteiger partial charge in [-0.05, 0) is 22.9 Å². The topological polar surface area (TPSA) is 52.8 Å². The van der Waals surface area contributed by atoms with Crippen molar-refractivity contribution in [3.05, 3.63) is 10.3 Å². The zero-order valence-electron chi connectivity index (χ0n) is 5.87. The third-order valence-corrected chi connectivity index (χ3v) is 1.60. The summed E-state index contributed by atoms with van der Waals surface area (Å²) in [5.41, 5.74) is 0.229. The summed E-state index contributed by atoms with van der Waals surface area (Å²) in [6.07, 6.45) is 1.30. The van der Waals surface area contributed by atoms with Crippen molar-refractivity contribution in [2.75, 3.05) is 6.61 Å². The molecule has 0 aliphatic carbocycles. The Morgan fingerprint density at radius 1 is 1.82 bits per heavy atom. The molecule has 0 aromatic carbocycles. The van der Waals surface area contributed by atoms with Crippen LogP contribution in [0.5, 0.6) is 0 Å². The first kappa shape index (κ1) is 8.26. The molecule has 0 saturated heterocycles. The first-order chi connectivity index (χ1) is 5.25. The summed E-state index contributed by atoms with van der Waals surface area (Å²) < 4.78 is 5.12. The Balaban J connectivity index is 2.66. The van der Waals surface area contributed by atoms with E-state index in [-0.39, 0.29) is 5.70 Å². The van der Waals surface area contributed by atoms with Crippen LogP contribution in [0.1, 0.15) is 6.92 Å². The van der Waals surface area contributed by atoms with Crippen LogP contribution in [0.25, 0.3) is 0 Å². The van der Waals surface area contributed by atoms with Gasteiger partial charge in [-0.2, -0.15) is 0 Å². The maximum atomic E-state index is 11.0. The first-order valence-corrected chi connectivity index (χ1v) is 3.85. The number of rotatable bonds is 2. The number of aliphatic imine (C=N–C) groups is 1. The highest BCUT2D eigenvalue weighted by Gasteiger charge is 2.18. The predicted molar refractivity (Wildman–Crippen MR) is 43.2 cm³/mol. The molecular weight excluding hydrogens is 212 g/mol. The number of carbonyl (C=O) groups excluding carboxylic acids is 1. The van der Waals surface area contributed by atoms with E-state index in [1.807, 2.05) is 0 Å². The molecule has 0 bridgehead atoms. The molecule has 0 spiro atoms. The summed E-state index contributed by atoms with van der Waals surface area (Å²) in [5, 5.41) is 3.72. The van der Waals surface area contributed by atoms with Crippen molar-refractivity contribution in [1.29, 1.82) is 0 Å². The van der Waals surface area contributed by atoms with Crippen LogP contribution in [0, 0.1) is 0 Å². The molecular formula is C6H6BrN2O2. The van der Waals surface area contributed by atoms with Gasteiger partial charge in [0.15, 0.2) is 5.70 Å². The second-order valence-electron chi connectivity index (χ2n) is 1.73. The molecule has 0 aromatic rings. The Bertz CT molecular complexity index is 235. The minimum Gasteiger partial charge on any atom is -0.461 e. The highest BCUT2D eigenvalue weighted by Crippen LogP contribution is 2.16. The molecule has 11 heavy (non-hydrogen) atoms. The third-order valence-electron chi connectivity index (χ3n) is 1.02. The summed E-state index contributed by atoms with van der Waals surface area (Å²) in [4.78, 5) is 14.7. The monoisotopic (exact) mass is 217 g/mol. The average molecular weight is 218 g/mol. The van der Waals surface area contributed by atoms with Gasteiger partial charge in [0.05, 0.1) is 6.61 Å². The van der Waals surface area contributed by atoms with Gasteiger partial charge in [0.25, 0.3) is 0 Å². The molecule has 0 amide bonds. The van der Waals surface area contributed by atoms with Gasteiger partial charge in [-0.15, -0.1) is 0 Å². The van der Waals surface area contributed by atoms with E-state index < -0.39 is 5.97 Å². The highest BCUT2D eigenvalue weighted by molar-refractivity contribution is 9.11. The third kappa shape index (κ3) is 1.80. The molecule has 0 atom stereocenters. The number of halogens is 1. The smallest absolute Gasteiger partial charge is 0.359 e. The molecule has 4 nitrogen and oxygen atoms in total. The van der Waals surface area contributed by atoms with Gasteiger partial charge < -0.3 is 4.74 Å². The Morgan fingerprint density at radius 2 is 2.55 bits per heavy atom. The fourth-order valence-electron chi connectivity index (χ4n) is 0.588. The lowest BCUT2D eigenvalue weighted by atomic mass is 10.5. The van der Waals surface area contributed by atoms with Gasteiger partial charge in [0, 0.05) is 0 Å². The quantitative estimate of drug-likeness (QED) is 0.507. The first-order valence-electron chi connectivity index (χ1n) is 3.06. The van der Waals surface area contributed by atoms with Gasteiger partial charge >= 0.3 is 5.97 Å². The van der Waals surface area contributed by atoms with E-state index >= 15 is 0 Å². The van der Waals surface area contributed by atoms with E-state index in [9.17, 15) is 4.79 Å². The lowest BCUT2D eigenvalue weighted by Gasteiger charge is -1.98.